The van der Waals surface area contributed by atoms with Crippen LogP contribution in [0.3, 0.4) is 0 Å². The molecule has 0 saturated carbocycles. The lowest BCUT2D eigenvalue weighted by Crippen LogP contribution is -2.41. The summed E-state index contributed by atoms with van der Waals surface area (Å²) in [4.78, 5) is 22.8. The molecule has 1 aromatic rings. The first-order valence-corrected chi connectivity index (χ1v) is 7.19. The maximum Gasteiger partial charge on any atom is 0.326 e. The molecule has 0 bridgehead atoms. The SMILES string of the molecule is CCCC[C@H](NC(=O)Cc1ccc(F)c(Br)c1)C(=O)O. The Morgan fingerprint density at radius 2 is 2.15 bits per heavy atom. The van der Waals surface area contributed by atoms with Gasteiger partial charge in [0.2, 0.25) is 5.91 Å². The van der Waals surface area contributed by atoms with Crippen molar-refractivity contribution < 1.29 is 19.1 Å². The topological polar surface area (TPSA) is 66.4 Å². The van der Waals surface area contributed by atoms with Crippen LogP contribution in [-0.4, -0.2) is 23.0 Å². The van der Waals surface area contributed by atoms with Gasteiger partial charge in [-0.1, -0.05) is 25.8 Å². The van der Waals surface area contributed by atoms with Crippen molar-refractivity contribution in [2.75, 3.05) is 0 Å². The van der Waals surface area contributed by atoms with Gasteiger partial charge in [0.15, 0.2) is 0 Å². The van der Waals surface area contributed by atoms with E-state index in [2.05, 4.69) is 21.2 Å². The molecule has 20 heavy (non-hydrogen) atoms. The van der Waals surface area contributed by atoms with E-state index >= 15 is 0 Å². The highest BCUT2D eigenvalue weighted by Crippen LogP contribution is 2.17. The molecule has 0 spiro atoms. The van der Waals surface area contributed by atoms with Crippen molar-refractivity contribution in [1.29, 1.82) is 0 Å². The number of unbranched alkanes of at least 4 members (excludes halogenated alkanes) is 1. The standard InChI is InChI=1S/C14H17BrFNO3/c1-2-3-4-12(14(19)20)17-13(18)8-9-5-6-11(16)10(15)7-9/h5-7,12H,2-4,8H2,1H3,(H,17,18)(H,19,20)/t12-/m0/s1. The van der Waals surface area contributed by atoms with Gasteiger partial charge in [-0.15, -0.1) is 0 Å². The van der Waals surface area contributed by atoms with Gasteiger partial charge in [0.1, 0.15) is 11.9 Å². The summed E-state index contributed by atoms with van der Waals surface area (Å²) in [5.74, 6) is -1.82. The van der Waals surface area contributed by atoms with Crippen molar-refractivity contribution in [2.45, 2.75) is 38.6 Å². The van der Waals surface area contributed by atoms with E-state index < -0.39 is 17.8 Å². The van der Waals surface area contributed by atoms with Gasteiger partial charge in [-0.3, -0.25) is 4.79 Å². The zero-order valence-corrected chi connectivity index (χ0v) is 12.7. The van der Waals surface area contributed by atoms with Crippen molar-refractivity contribution in [2.24, 2.45) is 0 Å². The number of carboxylic acids is 1. The van der Waals surface area contributed by atoms with Crippen LogP contribution in [0.25, 0.3) is 0 Å². The monoisotopic (exact) mass is 345 g/mol. The van der Waals surface area contributed by atoms with Crippen LogP contribution >= 0.6 is 15.9 Å². The van der Waals surface area contributed by atoms with Crippen molar-refractivity contribution in [1.82, 2.24) is 5.32 Å². The highest BCUT2D eigenvalue weighted by atomic mass is 79.9. The molecule has 1 atom stereocenters. The predicted octanol–water partition coefficient (Wildman–Crippen LogP) is 2.89. The van der Waals surface area contributed by atoms with Gasteiger partial charge in [0.25, 0.3) is 0 Å². The normalized spacial score (nSPS) is 11.9. The molecule has 4 nitrogen and oxygen atoms in total. The number of hydrogen-bond acceptors (Lipinski definition) is 2. The Balaban J connectivity index is 2.60. The van der Waals surface area contributed by atoms with E-state index in [1.54, 1.807) is 0 Å². The second-order valence-corrected chi connectivity index (χ2v) is 5.38. The number of rotatable bonds is 7. The summed E-state index contributed by atoms with van der Waals surface area (Å²) in [6.07, 6.45) is 2.03. The molecule has 0 saturated heterocycles. The maximum atomic E-state index is 13.1. The van der Waals surface area contributed by atoms with Crippen LogP contribution in [0.1, 0.15) is 31.7 Å². The van der Waals surface area contributed by atoms with E-state index in [1.165, 1.54) is 18.2 Å². The van der Waals surface area contributed by atoms with E-state index in [9.17, 15) is 14.0 Å². The van der Waals surface area contributed by atoms with Gasteiger partial charge in [-0.05, 0) is 40.0 Å². The summed E-state index contributed by atoms with van der Waals surface area (Å²) in [5.41, 5.74) is 0.621. The summed E-state index contributed by atoms with van der Waals surface area (Å²) >= 11 is 3.04. The largest absolute Gasteiger partial charge is 0.480 e. The first kappa shape index (κ1) is 16.6. The minimum Gasteiger partial charge on any atom is -0.480 e. The summed E-state index contributed by atoms with van der Waals surface area (Å²) in [5, 5.41) is 11.5. The van der Waals surface area contributed by atoms with E-state index in [4.69, 9.17) is 5.11 Å². The zero-order valence-electron chi connectivity index (χ0n) is 11.2. The number of carbonyl (C=O) groups is 2. The minimum absolute atomic E-state index is 0.0226. The van der Waals surface area contributed by atoms with Crippen LogP contribution in [-0.2, 0) is 16.0 Å². The Hall–Kier alpha value is -1.43. The molecule has 0 radical (unpaired) electrons. The number of hydrogen-bond donors (Lipinski definition) is 2. The molecule has 0 fully saturated rings. The van der Waals surface area contributed by atoms with Gasteiger partial charge in [-0.25, -0.2) is 9.18 Å². The summed E-state index contributed by atoms with van der Waals surface area (Å²) < 4.78 is 13.3. The Labute approximate surface area is 125 Å². The molecule has 1 amide bonds. The maximum absolute atomic E-state index is 13.1. The average molecular weight is 346 g/mol. The second-order valence-electron chi connectivity index (χ2n) is 4.53. The smallest absolute Gasteiger partial charge is 0.326 e. The molecule has 2 N–H and O–H groups in total. The van der Waals surface area contributed by atoms with Gasteiger partial charge in [-0.2, -0.15) is 0 Å². The van der Waals surface area contributed by atoms with E-state index in [0.717, 1.165) is 12.8 Å². The van der Waals surface area contributed by atoms with Crippen molar-refractivity contribution in [3.05, 3.63) is 34.1 Å². The Morgan fingerprint density at radius 3 is 2.70 bits per heavy atom. The van der Waals surface area contributed by atoms with E-state index in [-0.39, 0.29) is 16.8 Å². The van der Waals surface area contributed by atoms with Crippen LogP contribution < -0.4 is 5.32 Å². The third-order valence-corrected chi connectivity index (χ3v) is 3.44. The lowest BCUT2D eigenvalue weighted by molar-refractivity contribution is -0.142. The van der Waals surface area contributed by atoms with Crippen molar-refractivity contribution in [3.63, 3.8) is 0 Å². The van der Waals surface area contributed by atoms with Crippen LogP contribution in [0.2, 0.25) is 0 Å². The first-order valence-electron chi connectivity index (χ1n) is 6.40. The number of halogens is 2. The summed E-state index contributed by atoms with van der Waals surface area (Å²) in [7, 11) is 0. The average Bonchev–Trinajstić information content (AvgIpc) is 2.38. The molecule has 0 aliphatic carbocycles. The molecular formula is C14H17BrFNO3. The lowest BCUT2D eigenvalue weighted by atomic mass is 10.1. The van der Waals surface area contributed by atoms with E-state index in [1.807, 2.05) is 6.92 Å². The fraction of sp³-hybridized carbons (Fsp3) is 0.429. The molecule has 0 aliphatic rings. The van der Waals surface area contributed by atoms with Gasteiger partial charge in [0.05, 0.1) is 10.9 Å². The highest BCUT2D eigenvalue weighted by Gasteiger charge is 2.19. The first-order chi connectivity index (χ1) is 9.43. The molecule has 110 valence electrons. The highest BCUT2D eigenvalue weighted by molar-refractivity contribution is 9.10. The van der Waals surface area contributed by atoms with Gasteiger partial charge in [0, 0.05) is 0 Å². The van der Waals surface area contributed by atoms with Crippen LogP contribution in [0.4, 0.5) is 4.39 Å². The van der Waals surface area contributed by atoms with Crippen LogP contribution in [0, 0.1) is 5.82 Å². The minimum atomic E-state index is -1.04. The number of carboxylic acid groups (broad SMARTS) is 1. The molecule has 1 rings (SSSR count). The zero-order chi connectivity index (χ0) is 15.1. The quantitative estimate of drug-likeness (QED) is 0.798. The molecular weight excluding hydrogens is 329 g/mol. The molecule has 0 aliphatic heterocycles. The van der Waals surface area contributed by atoms with E-state index in [0.29, 0.717) is 12.0 Å². The number of benzene rings is 1. The number of amides is 1. The van der Waals surface area contributed by atoms with Crippen molar-refractivity contribution in [3.8, 4) is 0 Å². The van der Waals surface area contributed by atoms with Gasteiger partial charge >= 0.3 is 5.97 Å². The molecule has 6 heteroatoms. The van der Waals surface area contributed by atoms with Crippen molar-refractivity contribution >= 4 is 27.8 Å². The molecule has 0 heterocycles. The molecule has 0 unspecified atom stereocenters. The van der Waals surface area contributed by atoms with Crippen LogP contribution in [0.15, 0.2) is 22.7 Å². The fourth-order valence-electron chi connectivity index (χ4n) is 1.75. The third kappa shape index (κ3) is 5.28. The number of aliphatic carboxylic acids is 1. The van der Waals surface area contributed by atoms with Gasteiger partial charge < -0.3 is 10.4 Å². The number of carbonyl (C=O) groups excluding carboxylic acids is 1. The molecule has 0 aromatic heterocycles. The fourth-order valence-corrected chi connectivity index (χ4v) is 2.17. The summed E-state index contributed by atoms with van der Waals surface area (Å²) in [6, 6.07) is 3.41. The second kappa shape index (κ2) is 7.99. The predicted molar refractivity (Wildman–Crippen MR) is 76.9 cm³/mol. The lowest BCUT2D eigenvalue weighted by Gasteiger charge is -2.14. The Morgan fingerprint density at radius 1 is 1.45 bits per heavy atom. The Kier molecular flexibility index (Phi) is 6.64. The Bertz CT molecular complexity index is 493. The third-order valence-electron chi connectivity index (χ3n) is 2.83. The number of nitrogens with one attached hydrogen (secondary N) is 1. The summed E-state index contributed by atoms with van der Waals surface area (Å²) in [6.45, 7) is 1.96. The molecule has 1 aromatic carbocycles. The van der Waals surface area contributed by atoms with Crippen LogP contribution in [0.5, 0.6) is 0 Å².